The van der Waals surface area contributed by atoms with Gasteiger partial charge in [0.05, 0.1) is 11.9 Å². The van der Waals surface area contributed by atoms with E-state index in [4.69, 9.17) is 0 Å². The summed E-state index contributed by atoms with van der Waals surface area (Å²) >= 11 is 0. The van der Waals surface area contributed by atoms with Gasteiger partial charge in [-0.25, -0.2) is 9.78 Å². The van der Waals surface area contributed by atoms with Crippen LogP contribution < -0.4 is 10.2 Å². The molecule has 142 valence electrons. The zero-order valence-corrected chi connectivity index (χ0v) is 15.4. The van der Waals surface area contributed by atoms with Crippen LogP contribution in [0.5, 0.6) is 0 Å². The van der Waals surface area contributed by atoms with Gasteiger partial charge in [-0.2, -0.15) is 0 Å². The first kappa shape index (κ1) is 18.6. The summed E-state index contributed by atoms with van der Waals surface area (Å²) in [5.74, 6) is -0.666. The van der Waals surface area contributed by atoms with Crippen LogP contribution in [0.15, 0.2) is 12.3 Å². The minimum atomic E-state index is -1.02. The Labute approximate surface area is 154 Å². The molecule has 7 nitrogen and oxygen atoms in total. The van der Waals surface area contributed by atoms with Crippen molar-refractivity contribution in [3.05, 3.63) is 17.8 Å². The molecule has 2 saturated heterocycles. The Morgan fingerprint density at radius 2 is 1.88 bits per heavy atom. The van der Waals surface area contributed by atoms with E-state index in [0.717, 1.165) is 25.9 Å². The van der Waals surface area contributed by atoms with Gasteiger partial charge in [-0.05, 0) is 44.8 Å². The molecule has 1 aromatic rings. The van der Waals surface area contributed by atoms with E-state index in [1.807, 2.05) is 0 Å². The van der Waals surface area contributed by atoms with Crippen LogP contribution in [0, 0.1) is 0 Å². The fourth-order valence-electron chi connectivity index (χ4n) is 3.91. The van der Waals surface area contributed by atoms with Crippen LogP contribution in [-0.4, -0.2) is 59.1 Å². The molecule has 2 N–H and O–H groups in total. The monoisotopic (exact) mass is 360 g/mol. The van der Waals surface area contributed by atoms with E-state index in [0.29, 0.717) is 24.0 Å². The lowest BCUT2D eigenvalue weighted by Gasteiger charge is -2.40. The highest BCUT2D eigenvalue weighted by Crippen LogP contribution is 2.27. The van der Waals surface area contributed by atoms with Crippen LogP contribution in [0.25, 0.3) is 0 Å². The van der Waals surface area contributed by atoms with Crippen molar-refractivity contribution >= 4 is 23.4 Å². The molecule has 2 aliphatic rings. The topological polar surface area (TPSA) is 85.8 Å². The van der Waals surface area contributed by atoms with E-state index in [1.54, 1.807) is 13.1 Å². The molecule has 0 radical (unpaired) electrons. The Morgan fingerprint density at radius 1 is 1.19 bits per heavy atom. The second-order valence-electron chi connectivity index (χ2n) is 7.12. The summed E-state index contributed by atoms with van der Waals surface area (Å²) in [5, 5.41) is 12.3. The number of likely N-dealkylation sites (tertiary alicyclic amines) is 1. The van der Waals surface area contributed by atoms with Gasteiger partial charge in [0, 0.05) is 25.6 Å². The Kier molecular flexibility index (Phi) is 6.08. The number of amides is 1. The third kappa shape index (κ3) is 4.33. The van der Waals surface area contributed by atoms with Gasteiger partial charge in [0.15, 0.2) is 0 Å². The van der Waals surface area contributed by atoms with E-state index >= 15 is 0 Å². The molecule has 3 heterocycles. The number of anilines is 2. The number of carboxylic acids is 1. The molecule has 2 fully saturated rings. The standard InChI is InChI=1S/C19H28N4O3/c1-2-17(24)21-14-12-16(19(25)26)18(20-13-14)23-10-6-15(7-11-23)22-8-4-3-5-9-22/h12-13,15H,2-11H2,1H3,(H,21,24)(H,25,26). The van der Waals surface area contributed by atoms with Gasteiger partial charge in [-0.15, -0.1) is 0 Å². The average Bonchev–Trinajstić information content (AvgIpc) is 2.68. The van der Waals surface area contributed by atoms with E-state index in [1.165, 1.54) is 38.4 Å². The van der Waals surface area contributed by atoms with Crippen molar-refractivity contribution in [1.82, 2.24) is 9.88 Å². The largest absolute Gasteiger partial charge is 0.478 e. The first-order chi connectivity index (χ1) is 12.6. The van der Waals surface area contributed by atoms with Gasteiger partial charge in [-0.3, -0.25) is 4.79 Å². The van der Waals surface area contributed by atoms with E-state index in [-0.39, 0.29) is 11.5 Å². The number of carbonyl (C=O) groups excluding carboxylic acids is 1. The third-order valence-corrected chi connectivity index (χ3v) is 5.37. The van der Waals surface area contributed by atoms with E-state index < -0.39 is 5.97 Å². The second-order valence-corrected chi connectivity index (χ2v) is 7.12. The van der Waals surface area contributed by atoms with E-state index in [2.05, 4.69) is 20.1 Å². The van der Waals surface area contributed by atoms with Gasteiger partial charge in [0.1, 0.15) is 11.4 Å². The maximum atomic E-state index is 11.7. The van der Waals surface area contributed by atoms with E-state index in [9.17, 15) is 14.7 Å². The molecular weight excluding hydrogens is 332 g/mol. The lowest BCUT2D eigenvalue weighted by atomic mass is 9.99. The van der Waals surface area contributed by atoms with Gasteiger partial charge < -0.3 is 20.2 Å². The van der Waals surface area contributed by atoms with Crippen LogP contribution in [0.3, 0.4) is 0 Å². The fraction of sp³-hybridized carbons (Fsp3) is 0.632. The fourth-order valence-corrected chi connectivity index (χ4v) is 3.91. The quantitative estimate of drug-likeness (QED) is 0.839. The van der Waals surface area contributed by atoms with Crippen molar-refractivity contribution in [2.24, 2.45) is 0 Å². The highest BCUT2D eigenvalue weighted by molar-refractivity contribution is 5.96. The molecule has 0 bridgehead atoms. The maximum Gasteiger partial charge on any atom is 0.339 e. The first-order valence-corrected chi connectivity index (χ1v) is 9.60. The molecular formula is C19H28N4O3. The number of hydrogen-bond donors (Lipinski definition) is 2. The highest BCUT2D eigenvalue weighted by atomic mass is 16.4. The summed E-state index contributed by atoms with van der Waals surface area (Å²) in [6.45, 7) is 5.76. The number of piperidine rings is 2. The number of nitrogens with one attached hydrogen (secondary N) is 1. The smallest absolute Gasteiger partial charge is 0.339 e. The predicted molar refractivity (Wildman–Crippen MR) is 101 cm³/mol. The number of aromatic carboxylic acids is 1. The van der Waals surface area contributed by atoms with Gasteiger partial charge in [-0.1, -0.05) is 13.3 Å². The Bertz CT molecular complexity index is 650. The Morgan fingerprint density at radius 3 is 2.50 bits per heavy atom. The molecule has 0 spiro atoms. The SMILES string of the molecule is CCC(=O)Nc1cnc(N2CCC(N3CCCCC3)CC2)c(C(=O)O)c1. The normalized spacial score (nSPS) is 19.3. The van der Waals surface area contributed by atoms with Crippen molar-refractivity contribution < 1.29 is 14.7 Å². The second kappa shape index (κ2) is 8.49. The summed E-state index contributed by atoms with van der Waals surface area (Å²) in [5.41, 5.74) is 0.580. The van der Waals surface area contributed by atoms with Crippen molar-refractivity contribution in [2.75, 3.05) is 36.4 Å². The predicted octanol–water partition coefficient (Wildman–Crippen LogP) is 2.58. The van der Waals surface area contributed by atoms with Crippen LogP contribution >= 0.6 is 0 Å². The Hall–Kier alpha value is -2.15. The number of nitrogens with zero attached hydrogens (tertiary/aromatic N) is 3. The van der Waals surface area contributed by atoms with Crippen molar-refractivity contribution in [2.45, 2.75) is 51.5 Å². The van der Waals surface area contributed by atoms with Gasteiger partial charge >= 0.3 is 5.97 Å². The number of hydrogen-bond acceptors (Lipinski definition) is 5. The van der Waals surface area contributed by atoms with Crippen molar-refractivity contribution in [1.29, 1.82) is 0 Å². The molecule has 0 saturated carbocycles. The number of rotatable bonds is 5. The molecule has 0 aromatic carbocycles. The first-order valence-electron chi connectivity index (χ1n) is 9.60. The summed E-state index contributed by atoms with van der Waals surface area (Å²) in [6.07, 6.45) is 7.87. The molecule has 0 unspecified atom stereocenters. The zero-order valence-electron chi connectivity index (χ0n) is 15.4. The number of carboxylic acid groups (broad SMARTS) is 1. The van der Waals surface area contributed by atoms with Crippen LogP contribution in [0.1, 0.15) is 55.8 Å². The Balaban J connectivity index is 1.68. The van der Waals surface area contributed by atoms with Crippen LogP contribution in [0.4, 0.5) is 11.5 Å². The molecule has 1 aromatic heterocycles. The third-order valence-electron chi connectivity index (χ3n) is 5.37. The summed E-state index contributed by atoms with van der Waals surface area (Å²) in [7, 11) is 0. The molecule has 0 aliphatic carbocycles. The van der Waals surface area contributed by atoms with Crippen molar-refractivity contribution in [3.8, 4) is 0 Å². The highest BCUT2D eigenvalue weighted by Gasteiger charge is 2.28. The average molecular weight is 360 g/mol. The molecule has 0 atom stereocenters. The maximum absolute atomic E-state index is 11.7. The lowest BCUT2D eigenvalue weighted by Crippen LogP contribution is -2.47. The van der Waals surface area contributed by atoms with Gasteiger partial charge in [0.25, 0.3) is 0 Å². The zero-order chi connectivity index (χ0) is 18.5. The van der Waals surface area contributed by atoms with Crippen LogP contribution in [0.2, 0.25) is 0 Å². The lowest BCUT2D eigenvalue weighted by molar-refractivity contribution is -0.115. The number of aromatic nitrogens is 1. The summed E-state index contributed by atoms with van der Waals surface area (Å²) < 4.78 is 0. The van der Waals surface area contributed by atoms with Crippen LogP contribution in [-0.2, 0) is 4.79 Å². The summed E-state index contributed by atoms with van der Waals surface area (Å²) in [6, 6.07) is 2.11. The number of carbonyl (C=O) groups is 2. The minimum absolute atomic E-state index is 0.148. The number of pyridine rings is 1. The molecule has 3 rings (SSSR count). The summed E-state index contributed by atoms with van der Waals surface area (Å²) in [4.78, 5) is 32.3. The minimum Gasteiger partial charge on any atom is -0.478 e. The molecule has 26 heavy (non-hydrogen) atoms. The molecule has 2 aliphatic heterocycles. The van der Waals surface area contributed by atoms with Crippen molar-refractivity contribution in [3.63, 3.8) is 0 Å². The molecule has 7 heteroatoms. The molecule has 1 amide bonds. The van der Waals surface area contributed by atoms with Gasteiger partial charge in [0.2, 0.25) is 5.91 Å².